The van der Waals surface area contributed by atoms with Gasteiger partial charge in [-0.2, -0.15) is 13.6 Å². The van der Waals surface area contributed by atoms with Crippen LogP contribution < -0.4 is 11.3 Å². The Kier molecular flexibility index (Phi) is 6.60. The van der Waals surface area contributed by atoms with Gasteiger partial charge in [-0.3, -0.25) is 14.3 Å². The zero-order chi connectivity index (χ0) is 23.2. The van der Waals surface area contributed by atoms with Gasteiger partial charge >= 0.3 is 23.5 Å². The van der Waals surface area contributed by atoms with E-state index in [1.165, 1.54) is 10.9 Å². The lowest BCUT2D eigenvalue weighted by atomic mass is 9.70. The van der Waals surface area contributed by atoms with Crippen LogP contribution in [0.25, 0.3) is 11.2 Å². The van der Waals surface area contributed by atoms with Crippen molar-refractivity contribution in [3.63, 3.8) is 0 Å². The highest BCUT2D eigenvalue weighted by atomic mass is 31.3. The fourth-order valence-electron chi connectivity index (χ4n) is 3.24. The van der Waals surface area contributed by atoms with E-state index >= 15 is 0 Å². The lowest BCUT2D eigenvalue weighted by Gasteiger charge is -2.44. The summed E-state index contributed by atoms with van der Waals surface area (Å²) >= 11 is 0. The number of nitrogens with one attached hydrogen (secondary N) is 1. The van der Waals surface area contributed by atoms with Gasteiger partial charge in [0.2, 0.25) is 5.95 Å². The molecule has 1 aliphatic carbocycles. The fraction of sp³-hybridized carbons (Fsp3) is 0.545. The highest BCUT2D eigenvalue weighted by Gasteiger charge is 2.45. The molecule has 2 aromatic heterocycles. The third-order valence-corrected chi connectivity index (χ3v) is 8.33. The largest absolute Gasteiger partial charge is 0.490 e. The van der Waals surface area contributed by atoms with Gasteiger partial charge in [-0.1, -0.05) is 0 Å². The molecule has 0 bridgehead atoms. The number of fused-ring (bicyclic) bond motifs is 1. The molecule has 1 aliphatic rings. The number of nitrogens with two attached hydrogens (primary N) is 1. The standard InChI is InChI=1S/C11H18N5O12P3/c12-11-14-9-8(10(18)15-11)13-4-16(9)7-1-5(6(7)2-17)3-26-30(22,23)28-31(24,25)27-29(19,20)21/h4-7,17H,1-3H2,(H,22,23)(H,24,25)(H2,19,20,21)(H3,12,14,15,18)/t5-,6-,7-/m1/s1. The summed E-state index contributed by atoms with van der Waals surface area (Å²) in [4.78, 5) is 57.8. The molecule has 2 aromatic rings. The van der Waals surface area contributed by atoms with Gasteiger partial charge in [-0.25, -0.2) is 18.7 Å². The van der Waals surface area contributed by atoms with Gasteiger partial charge in [0.25, 0.3) is 5.56 Å². The second kappa shape index (κ2) is 8.46. The highest BCUT2D eigenvalue weighted by Crippen LogP contribution is 2.66. The van der Waals surface area contributed by atoms with Crippen molar-refractivity contribution in [2.24, 2.45) is 11.8 Å². The van der Waals surface area contributed by atoms with Crippen LogP contribution in [-0.4, -0.2) is 57.4 Å². The predicted molar refractivity (Wildman–Crippen MR) is 100 cm³/mol. The fourth-order valence-corrected chi connectivity index (χ4v) is 6.31. The normalized spacial score (nSPS) is 25.6. The molecular formula is C11H18N5O12P3. The Bertz CT molecular complexity index is 1170. The summed E-state index contributed by atoms with van der Waals surface area (Å²) < 4.78 is 47.2. The maximum atomic E-state index is 11.9. The lowest BCUT2D eigenvalue weighted by Crippen LogP contribution is -2.42. The summed E-state index contributed by atoms with van der Waals surface area (Å²) in [5, 5.41) is 9.69. The van der Waals surface area contributed by atoms with Crippen molar-refractivity contribution in [2.45, 2.75) is 12.5 Å². The molecule has 0 radical (unpaired) electrons. The molecule has 17 nitrogen and oxygen atoms in total. The summed E-state index contributed by atoms with van der Waals surface area (Å²) in [5.41, 5.74) is 5.20. The number of aromatic amines is 1. The second-order valence-corrected chi connectivity index (χ2v) is 11.0. The molecule has 2 unspecified atom stereocenters. The SMILES string of the molecule is Nc1nc2c(ncn2[C@@H]2C[C@H](COP(=O)(O)OP(=O)(O)OP(=O)(O)O)[C@H]2CO)c(=O)[nH]1. The van der Waals surface area contributed by atoms with Gasteiger partial charge in [-0.15, -0.1) is 0 Å². The van der Waals surface area contributed by atoms with E-state index in [9.17, 15) is 28.5 Å². The van der Waals surface area contributed by atoms with Gasteiger partial charge in [0.05, 0.1) is 12.9 Å². The molecule has 0 aromatic carbocycles. The number of anilines is 1. The van der Waals surface area contributed by atoms with Crippen LogP contribution in [-0.2, 0) is 26.8 Å². The number of imidazole rings is 1. The van der Waals surface area contributed by atoms with Crippen LogP contribution in [0.15, 0.2) is 11.1 Å². The van der Waals surface area contributed by atoms with E-state index in [0.717, 1.165) is 0 Å². The van der Waals surface area contributed by atoms with Crippen LogP contribution in [0.1, 0.15) is 12.5 Å². The molecule has 1 fully saturated rings. The number of hydrogen-bond donors (Lipinski definition) is 7. The Labute approximate surface area is 172 Å². The number of hydrogen-bond acceptors (Lipinski definition) is 11. The van der Waals surface area contributed by atoms with Crippen molar-refractivity contribution in [1.82, 2.24) is 19.5 Å². The van der Waals surface area contributed by atoms with E-state index in [2.05, 4.69) is 28.1 Å². The summed E-state index contributed by atoms with van der Waals surface area (Å²) in [6.07, 6.45) is 1.60. The second-order valence-electron chi connectivity index (χ2n) is 6.57. The third kappa shape index (κ3) is 5.66. The molecule has 31 heavy (non-hydrogen) atoms. The van der Waals surface area contributed by atoms with E-state index in [0.29, 0.717) is 0 Å². The number of nitrogens with zero attached hydrogens (tertiary/aromatic N) is 3. The van der Waals surface area contributed by atoms with Crippen molar-refractivity contribution >= 4 is 40.6 Å². The van der Waals surface area contributed by atoms with Crippen molar-refractivity contribution < 1.29 is 51.5 Å². The Hall–Kier alpha value is -1.48. The maximum absolute atomic E-state index is 11.9. The Balaban J connectivity index is 1.66. The quantitative estimate of drug-likeness (QED) is 0.206. The number of aromatic nitrogens is 4. The van der Waals surface area contributed by atoms with Gasteiger partial charge in [0, 0.05) is 18.6 Å². The third-order valence-electron chi connectivity index (χ3n) is 4.53. The number of aliphatic hydroxyl groups excluding tert-OH is 1. The highest BCUT2D eigenvalue weighted by molar-refractivity contribution is 7.66. The molecule has 0 saturated heterocycles. The molecule has 20 heteroatoms. The first-order valence-corrected chi connectivity index (χ1v) is 12.8. The summed E-state index contributed by atoms with van der Waals surface area (Å²) in [6.45, 7) is -0.915. The van der Waals surface area contributed by atoms with Crippen LogP contribution in [0.5, 0.6) is 0 Å². The number of nitrogen functional groups attached to an aromatic ring is 1. The zero-order valence-corrected chi connectivity index (χ0v) is 18.0. The maximum Gasteiger partial charge on any atom is 0.490 e. The van der Waals surface area contributed by atoms with Crippen molar-refractivity contribution in [3.05, 3.63) is 16.7 Å². The summed E-state index contributed by atoms with van der Waals surface area (Å²) in [7, 11) is -16.4. The molecule has 3 rings (SSSR count). The molecule has 0 spiro atoms. The molecular weight excluding hydrogens is 487 g/mol. The van der Waals surface area contributed by atoms with Gasteiger partial charge < -0.3 is 35.0 Å². The van der Waals surface area contributed by atoms with Crippen molar-refractivity contribution in [1.29, 1.82) is 0 Å². The van der Waals surface area contributed by atoms with E-state index in [4.69, 9.17) is 20.4 Å². The predicted octanol–water partition coefficient (Wildman–Crippen LogP) is -0.785. The Morgan fingerprint density at radius 1 is 1.19 bits per heavy atom. The minimum absolute atomic E-state index is 0.0302. The topological polar surface area (TPSA) is 270 Å². The first-order chi connectivity index (χ1) is 14.2. The molecule has 5 atom stereocenters. The molecule has 8 N–H and O–H groups in total. The first-order valence-electron chi connectivity index (χ1n) is 8.33. The molecule has 0 amide bonds. The van der Waals surface area contributed by atoms with E-state index in [1.807, 2.05) is 0 Å². The summed E-state index contributed by atoms with van der Waals surface area (Å²) in [5.74, 6) is -1.22. The average Bonchev–Trinajstić information content (AvgIpc) is 2.94. The summed E-state index contributed by atoms with van der Waals surface area (Å²) in [6, 6.07) is -0.418. The smallest absolute Gasteiger partial charge is 0.396 e. The van der Waals surface area contributed by atoms with Gasteiger partial charge in [-0.05, 0) is 12.3 Å². The van der Waals surface area contributed by atoms with Crippen molar-refractivity contribution in [2.75, 3.05) is 18.9 Å². The lowest BCUT2D eigenvalue weighted by molar-refractivity contribution is -0.00548. The molecule has 0 aliphatic heterocycles. The van der Waals surface area contributed by atoms with Crippen molar-refractivity contribution in [3.8, 4) is 0 Å². The van der Waals surface area contributed by atoms with Crippen LogP contribution in [0.4, 0.5) is 5.95 Å². The molecule has 174 valence electrons. The Morgan fingerprint density at radius 2 is 1.87 bits per heavy atom. The van der Waals surface area contributed by atoms with E-state index < -0.39 is 60.1 Å². The number of H-pyrrole nitrogens is 1. The number of phosphoric ester groups is 1. The van der Waals surface area contributed by atoms with Crippen LogP contribution >= 0.6 is 23.5 Å². The van der Waals surface area contributed by atoms with Gasteiger partial charge in [0.15, 0.2) is 11.2 Å². The van der Waals surface area contributed by atoms with E-state index in [1.54, 1.807) is 0 Å². The number of phosphoric acid groups is 3. The first kappa shape index (κ1) is 24.2. The van der Waals surface area contributed by atoms with E-state index in [-0.39, 0.29) is 23.5 Å². The van der Waals surface area contributed by atoms with Crippen LogP contribution in [0.3, 0.4) is 0 Å². The number of aliphatic hydroxyl groups is 1. The van der Waals surface area contributed by atoms with Crippen LogP contribution in [0, 0.1) is 11.8 Å². The molecule has 1 saturated carbocycles. The average molecular weight is 505 g/mol. The number of rotatable bonds is 9. The molecule has 2 heterocycles. The minimum Gasteiger partial charge on any atom is -0.396 e. The van der Waals surface area contributed by atoms with Crippen LogP contribution in [0.2, 0.25) is 0 Å². The monoisotopic (exact) mass is 505 g/mol. The zero-order valence-electron chi connectivity index (χ0n) is 15.3. The van der Waals surface area contributed by atoms with Gasteiger partial charge in [0.1, 0.15) is 0 Å². The Morgan fingerprint density at radius 3 is 2.48 bits per heavy atom. The minimum atomic E-state index is -5.61.